The van der Waals surface area contributed by atoms with E-state index in [4.69, 9.17) is 4.74 Å². The van der Waals surface area contributed by atoms with Gasteiger partial charge in [-0.25, -0.2) is 0 Å². The van der Waals surface area contributed by atoms with Gasteiger partial charge in [-0.05, 0) is 44.2 Å². The number of nitrogens with zero attached hydrogens (tertiary/aromatic N) is 2. The van der Waals surface area contributed by atoms with Gasteiger partial charge in [0.25, 0.3) is 10.0 Å². The van der Waals surface area contributed by atoms with Crippen LogP contribution >= 0.6 is 11.3 Å². The Labute approximate surface area is 144 Å². The van der Waals surface area contributed by atoms with Crippen LogP contribution in [0.4, 0.5) is 0 Å². The molecule has 0 atom stereocenters. The van der Waals surface area contributed by atoms with Crippen molar-refractivity contribution in [1.82, 2.24) is 4.57 Å². The van der Waals surface area contributed by atoms with E-state index < -0.39 is 10.0 Å². The molecule has 0 aliphatic heterocycles. The maximum atomic E-state index is 12.6. The Morgan fingerprint density at radius 1 is 1.17 bits per heavy atom. The summed E-state index contributed by atoms with van der Waals surface area (Å²) in [4.78, 5) is 0.659. The van der Waals surface area contributed by atoms with E-state index in [0.29, 0.717) is 11.3 Å². The van der Waals surface area contributed by atoms with Gasteiger partial charge in [-0.1, -0.05) is 29.0 Å². The van der Waals surface area contributed by atoms with Crippen LogP contribution in [0.3, 0.4) is 0 Å². The smallest absolute Gasteiger partial charge is 0.285 e. The third-order valence-electron chi connectivity index (χ3n) is 3.72. The van der Waals surface area contributed by atoms with Crippen molar-refractivity contribution >= 4 is 31.6 Å². The fraction of sp³-hybridized carbons (Fsp3) is 0.235. The zero-order valence-corrected chi connectivity index (χ0v) is 15.3. The second-order valence-electron chi connectivity index (χ2n) is 5.34. The van der Waals surface area contributed by atoms with Gasteiger partial charge in [0.1, 0.15) is 5.75 Å². The first kappa shape index (κ1) is 16.7. The van der Waals surface area contributed by atoms with Crippen molar-refractivity contribution in [2.75, 3.05) is 7.11 Å². The highest BCUT2D eigenvalue weighted by atomic mass is 32.2. The molecule has 0 saturated carbocycles. The van der Waals surface area contributed by atoms with Crippen molar-refractivity contribution in [3.63, 3.8) is 0 Å². The van der Waals surface area contributed by atoms with Crippen molar-refractivity contribution in [2.24, 2.45) is 4.40 Å². The van der Waals surface area contributed by atoms with Gasteiger partial charge in [0.2, 0.25) is 4.80 Å². The molecule has 1 aromatic heterocycles. The Morgan fingerprint density at radius 3 is 2.50 bits per heavy atom. The summed E-state index contributed by atoms with van der Waals surface area (Å²) in [5.41, 5.74) is 1.95. The first-order valence-corrected chi connectivity index (χ1v) is 9.75. The van der Waals surface area contributed by atoms with Crippen LogP contribution < -0.4 is 9.54 Å². The molecule has 3 rings (SSSR count). The molecule has 0 bridgehead atoms. The molecule has 3 aromatic rings. The van der Waals surface area contributed by atoms with Crippen molar-refractivity contribution in [1.29, 1.82) is 0 Å². The van der Waals surface area contributed by atoms with E-state index in [1.165, 1.54) is 11.3 Å². The molecule has 0 spiro atoms. The first-order valence-electron chi connectivity index (χ1n) is 7.49. The molecule has 7 heteroatoms. The molecule has 0 aliphatic rings. The number of aromatic nitrogens is 1. The van der Waals surface area contributed by atoms with Gasteiger partial charge in [0.15, 0.2) is 0 Å². The fourth-order valence-electron chi connectivity index (χ4n) is 2.42. The van der Waals surface area contributed by atoms with Crippen LogP contribution in [0.1, 0.15) is 12.5 Å². The van der Waals surface area contributed by atoms with Crippen LogP contribution in [0, 0.1) is 6.92 Å². The Balaban J connectivity index is 2.20. The van der Waals surface area contributed by atoms with Crippen LogP contribution in [-0.2, 0) is 16.6 Å². The zero-order chi connectivity index (χ0) is 17.3. The number of rotatable bonds is 4. The molecule has 0 fully saturated rings. The van der Waals surface area contributed by atoms with E-state index in [1.807, 2.05) is 36.6 Å². The largest absolute Gasteiger partial charge is 0.497 e. The highest BCUT2D eigenvalue weighted by Gasteiger charge is 2.14. The van der Waals surface area contributed by atoms with Gasteiger partial charge < -0.3 is 9.30 Å². The zero-order valence-electron chi connectivity index (χ0n) is 13.7. The lowest BCUT2D eigenvalue weighted by atomic mass is 10.2. The number of hydrogen-bond donors (Lipinski definition) is 0. The van der Waals surface area contributed by atoms with Crippen molar-refractivity contribution in [2.45, 2.75) is 25.3 Å². The van der Waals surface area contributed by atoms with E-state index in [0.717, 1.165) is 21.5 Å². The lowest BCUT2D eigenvalue weighted by molar-refractivity contribution is 0.415. The summed E-state index contributed by atoms with van der Waals surface area (Å²) in [6.45, 7) is 4.51. The quantitative estimate of drug-likeness (QED) is 0.715. The highest BCUT2D eigenvalue weighted by molar-refractivity contribution is 7.90. The molecule has 5 nitrogen and oxygen atoms in total. The number of thiazole rings is 1. The van der Waals surface area contributed by atoms with E-state index >= 15 is 0 Å². The minimum absolute atomic E-state index is 0.200. The number of hydrogen-bond acceptors (Lipinski definition) is 4. The molecule has 2 aromatic carbocycles. The topological polar surface area (TPSA) is 60.7 Å². The maximum absolute atomic E-state index is 12.6. The molecular weight excluding hydrogens is 344 g/mol. The third kappa shape index (κ3) is 3.09. The van der Waals surface area contributed by atoms with E-state index in [2.05, 4.69) is 4.40 Å². The van der Waals surface area contributed by atoms with Crippen molar-refractivity contribution in [3.05, 3.63) is 52.8 Å². The fourth-order valence-corrected chi connectivity index (χ4v) is 4.75. The Hall–Kier alpha value is -2.12. The van der Waals surface area contributed by atoms with Crippen molar-refractivity contribution < 1.29 is 13.2 Å². The molecule has 0 N–H and O–H groups in total. The number of ether oxygens (including phenoxy) is 1. The molecule has 1 heterocycles. The van der Waals surface area contributed by atoms with Crippen LogP contribution in [0.5, 0.6) is 5.75 Å². The molecule has 0 saturated heterocycles. The average molecular weight is 362 g/mol. The molecule has 24 heavy (non-hydrogen) atoms. The number of benzene rings is 2. The summed E-state index contributed by atoms with van der Waals surface area (Å²) < 4.78 is 37.3. The van der Waals surface area contributed by atoms with Crippen LogP contribution in [-0.4, -0.2) is 20.1 Å². The van der Waals surface area contributed by atoms with Gasteiger partial charge in [-0.2, -0.15) is 8.42 Å². The summed E-state index contributed by atoms with van der Waals surface area (Å²) in [6, 6.07) is 12.4. The first-order chi connectivity index (χ1) is 11.4. The average Bonchev–Trinajstić information content (AvgIpc) is 2.90. The molecular formula is C17H18N2O3S2. The lowest BCUT2D eigenvalue weighted by Gasteiger charge is -2.02. The molecule has 126 valence electrons. The van der Waals surface area contributed by atoms with Crippen LogP contribution in [0.2, 0.25) is 0 Å². The molecule has 0 amide bonds. The number of fused-ring (bicyclic) bond motifs is 1. The summed E-state index contributed by atoms with van der Waals surface area (Å²) in [5.74, 6) is 0.736. The normalized spacial score (nSPS) is 12.7. The Kier molecular flexibility index (Phi) is 4.47. The number of aryl methyl sites for hydroxylation is 2. The predicted molar refractivity (Wildman–Crippen MR) is 96.0 cm³/mol. The van der Waals surface area contributed by atoms with Crippen LogP contribution in [0.25, 0.3) is 10.2 Å². The summed E-state index contributed by atoms with van der Waals surface area (Å²) in [5, 5.41) is 0. The van der Waals surface area contributed by atoms with Gasteiger partial charge >= 0.3 is 0 Å². The Bertz CT molecular complexity index is 1050. The van der Waals surface area contributed by atoms with Gasteiger partial charge in [-0.15, -0.1) is 4.40 Å². The number of methoxy groups -OCH3 is 1. The third-order valence-corrected chi connectivity index (χ3v) is 6.16. The van der Waals surface area contributed by atoms with E-state index in [-0.39, 0.29) is 4.90 Å². The lowest BCUT2D eigenvalue weighted by Crippen LogP contribution is -2.16. The highest BCUT2D eigenvalue weighted by Crippen LogP contribution is 2.23. The van der Waals surface area contributed by atoms with E-state index in [9.17, 15) is 8.42 Å². The van der Waals surface area contributed by atoms with Gasteiger partial charge in [0, 0.05) is 6.54 Å². The van der Waals surface area contributed by atoms with Gasteiger partial charge in [-0.3, -0.25) is 0 Å². The summed E-state index contributed by atoms with van der Waals surface area (Å²) in [7, 11) is -2.14. The number of sulfonamides is 1. The van der Waals surface area contributed by atoms with E-state index in [1.54, 1.807) is 31.4 Å². The Morgan fingerprint density at radius 2 is 1.88 bits per heavy atom. The molecule has 0 aliphatic carbocycles. The van der Waals surface area contributed by atoms with Crippen LogP contribution in [0.15, 0.2) is 51.8 Å². The minimum atomic E-state index is -3.74. The monoisotopic (exact) mass is 362 g/mol. The predicted octanol–water partition coefficient (Wildman–Crippen LogP) is 3.33. The second kappa shape index (κ2) is 6.41. The van der Waals surface area contributed by atoms with Crippen molar-refractivity contribution in [3.8, 4) is 5.75 Å². The minimum Gasteiger partial charge on any atom is -0.497 e. The summed E-state index contributed by atoms with van der Waals surface area (Å²) >= 11 is 1.34. The molecule has 0 unspecified atom stereocenters. The standard InChI is InChI=1S/C17H18N2O3S2/c1-4-19-15-10-7-13(22-3)11-16(15)23-17(19)18-24(20,21)14-8-5-12(2)6-9-14/h5-11H,4H2,1-3H3/b18-17-. The second-order valence-corrected chi connectivity index (χ2v) is 7.96. The molecule has 0 radical (unpaired) electrons. The van der Waals surface area contributed by atoms with Gasteiger partial charge in [0.05, 0.1) is 22.2 Å². The maximum Gasteiger partial charge on any atom is 0.285 e. The SMILES string of the molecule is CCn1/c(=N/S(=O)(=O)c2ccc(C)cc2)sc2cc(OC)ccc21. The summed E-state index contributed by atoms with van der Waals surface area (Å²) in [6.07, 6.45) is 0.